The van der Waals surface area contributed by atoms with Crippen molar-refractivity contribution in [1.82, 2.24) is 0 Å². The number of carbonyl (C=O) groups is 1. The van der Waals surface area contributed by atoms with E-state index < -0.39 is 0 Å². The molecule has 0 aliphatic rings. The predicted molar refractivity (Wildman–Crippen MR) is 105 cm³/mol. The minimum atomic E-state index is -0.371. The molecule has 2 nitrogen and oxygen atoms in total. The zero-order chi connectivity index (χ0) is 17.9. The Morgan fingerprint density at radius 1 is 0.760 bits per heavy atom. The molecule has 0 saturated carbocycles. The summed E-state index contributed by atoms with van der Waals surface area (Å²) in [6.07, 6.45) is 0.987. The summed E-state index contributed by atoms with van der Waals surface area (Å²) in [6.45, 7) is 0.740. The highest BCUT2D eigenvalue weighted by Crippen LogP contribution is 2.26. The maximum absolute atomic E-state index is 11.5. The van der Waals surface area contributed by atoms with Crippen LogP contribution in [0.2, 0.25) is 0 Å². The van der Waals surface area contributed by atoms with Gasteiger partial charge in [-0.25, -0.2) is 0 Å². The van der Waals surface area contributed by atoms with Crippen LogP contribution in [-0.4, -0.2) is 11.8 Å². The maximum Gasteiger partial charge on any atom is 0.233 e. The van der Waals surface area contributed by atoms with Crippen LogP contribution in [0.1, 0.15) is 22.6 Å². The number of benzene rings is 3. The lowest BCUT2D eigenvalue weighted by Gasteiger charge is -2.12. The zero-order valence-corrected chi connectivity index (χ0v) is 14.8. The van der Waals surface area contributed by atoms with E-state index in [9.17, 15) is 4.79 Å². The Morgan fingerprint density at radius 2 is 1.16 bits per heavy atom. The third kappa shape index (κ3) is 6.18. The summed E-state index contributed by atoms with van der Waals surface area (Å²) in [6, 6.07) is 29.4. The molecular formula is C22H22ClNO. The Hall–Kier alpha value is -2.42. The molecule has 0 fully saturated rings. The first kappa shape index (κ1) is 18.9. The molecule has 0 aliphatic heterocycles. The quantitative estimate of drug-likeness (QED) is 0.673. The monoisotopic (exact) mass is 351 g/mol. The van der Waals surface area contributed by atoms with E-state index in [0.717, 1.165) is 24.1 Å². The van der Waals surface area contributed by atoms with Crippen molar-refractivity contribution >= 4 is 16.8 Å². The Labute approximate surface area is 154 Å². The number of hydrogen-bond acceptors (Lipinski definition) is 2. The SMILES string of the molecule is NCCc1ccccc1.O=C(Cl)C(c1ccccc1)c1ccccc1. The Kier molecular flexibility index (Phi) is 7.90. The molecule has 3 aromatic carbocycles. The molecule has 2 N–H and O–H groups in total. The third-order valence-corrected chi connectivity index (χ3v) is 3.99. The Bertz CT molecular complexity index is 705. The molecule has 0 aromatic heterocycles. The van der Waals surface area contributed by atoms with Gasteiger partial charge in [-0.1, -0.05) is 91.0 Å². The van der Waals surface area contributed by atoms with E-state index >= 15 is 0 Å². The molecule has 0 amide bonds. The highest BCUT2D eigenvalue weighted by atomic mass is 35.5. The van der Waals surface area contributed by atoms with Gasteiger partial charge in [0.05, 0.1) is 5.92 Å². The van der Waals surface area contributed by atoms with Gasteiger partial charge in [0, 0.05) is 0 Å². The summed E-state index contributed by atoms with van der Waals surface area (Å²) in [7, 11) is 0. The lowest BCUT2D eigenvalue weighted by Crippen LogP contribution is -2.08. The summed E-state index contributed by atoms with van der Waals surface area (Å²) >= 11 is 5.67. The van der Waals surface area contributed by atoms with Crippen LogP contribution >= 0.6 is 11.6 Å². The summed E-state index contributed by atoms with van der Waals surface area (Å²) in [5.41, 5.74) is 8.53. The fourth-order valence-electron chi connectivity index (χ4n) is 2.56. The van der Waals surface area contributed by atoms with E-state index in [1.54, 1.807) is 0 Å². The zero-order valence-electron chi connectivity index (χ0n) is 14.0. The van der Waals surface area contributed by atoms with Gasteiger partial charge >= 0.3 is 0 Å². The average molecular weight is 352 g/mol. The van der Waals surface area contributed by atoms with Crippen LogP contribution in [0.15, 0.2) is 91.0 Å². The second kappa shape index (κ2) is 10.4. The molecule has 128 valence electrons. The third-order valence-electron chi connectivity index (χ3n) is 3.77. The predicted octanol–water partition coefficient (Wildman–Crippen LogP) is 4.77. The summed E-state index contributed by atoms with van der Waals surface area (Å²) in [5, 5.41) is -0.350. The minimum absolute atomic E-state index is 0.350. The van der Waals surface area contributed by atoms with Crippen LogP contribution in [0.25, 0.3) is 0 Å². The van der Waals surface area contributed by atoms with Crippen molar-refractivity contribution in [2.75, 3.05) is 6.54 Å². The van der Waals surface area contributed by atoms with E-state index in [4.69, 9.17) is 17.3 Å². The van der Waals surface area contributed by atoms with E-state index in [1.807, 2.05) is 78.9 Å². The van der Waals surface area contributed by atoms with E-state index in [1.165, 1.54) is 5.56 Å². The molecule has 0 atom stereocenters. The van der Waals surface area contributed by atoms with Crippen LogP contribution in [0, 0.1) is 0 Å². The second-order valence-corrected chi connectivity index (χ2v) is 5.96. The molecule has 3 aromatic rings. The highest BCUT2D eigenvalue weighted by Gasteiger charge is 2.19. The van der Waals surface area contributed by atoms with Gasteiger partial charge in [-0.3, -0.25) is 4.79 Å². The number of carbonyl (C=O) groups excluding carboxylic acids is 1. The van der Waals surface area contributed by atoms with Crippen molar-refractivity contribution in [2.45, 2.75) is 12.3 Å². The maximum atomic E-state index is 11.5. The van der Waals surface area contributed by atoms with Crippen molar-refractivity contribution in [1.29, 1.82) is 0 Å². The van der Waals surface area contributed by atoms with Gasteiger partial charge in [0.1, 0.15) is 0 Å². The molecule has 3 heteroatoms. The Morgan fingerprint density at radius 3 is 1.52 bits per heavy atom. The number of halogens is 1. The molecule has 0 bridgehead atoms. The normalized spacial score (nSPS) is 10.0. The second-order valence-electron chi connectivity index (χ2n) is 5.58. The number of nitrogens with two attached hydrogens (primary N) is 1. The molecule has 0 saturated heterocycles. The fraction of sp³-hybridized carbons (Fsp3) is 0.136. The smallest absolute Gasteiger partial charge is 0.233 e. The van der Waals surface area contributed by atoms with Gasteiger partial charge in [-0.15, -0.1) is 0 Å². The molecule has 0 radical (unpaired) electrons. The lowest BCUT2D eigenvalue weighted by molar-refractivity contribution is -0.112. The fourth-order valence-corrected chi connectivity index (χ4v) is 2.81. The molecule has 0 spiro atoms. The van der Waals surface area contributed by atoms with Crippen molar-refractivity contribution in [3.8, 4) is 0 Å². The van der Waals surface area contributed by atoms with E-state index in [2.05, 4.69) is 12.1 Å². The summed E-state index contributed by atoms with van der Waals surface area (Å²) in [4.78, 5) is 11.5. The molecule has 0 heterocycles. The summed E-state index contributed by atoms with van der Waals surface area (Å²) < 4.78 is 0. The van der Waals surface area contributed by atoms with Gasteiger partial charge < -0.3 is 5.73 Å². The first-order valence-corrected chi connectivity index (χ1v) is 8.63. The highest BCUT2D eigenvalue weighted by molar-refractivity contribution is 6.65. The molecule has 0 unspecified atom stereocenters. The van der Waals surface area contributed by atoms with E-state index in [-0.39, 0.29) is 11.2 Å². The Balaban J connectivity index is 0.000000212. The average Bonchev–Trinajstić information content (AvgIpc) is 2.65. The standard InChI is InChI=1S/C14H11ClO.C8H11N/c15-14(16)13(11-7-3-1-4-8-11)12-9-5-2-6-10-12;9-7-6-8-4-2-1-3-5-8/h1-10,13H;1-5H,6-7,9H2. The number of rotatable bonds is 5. The van der Waals surface area contributed by atoms with Crippen molar-refractivity contribution < 1.29 is 4.79 Å². The van der Waals surface area contributed by atoms with Crippen molar-refractivity contribution in [3.63, 3.8) is 0 Å². The molecule has 3 rings (SSSR count). The minimum Gasteiger partial charge on any atom is -0.330 e. The van der Waals surface area contributed by atoms with Crippen LogP contribution in [-0.2, 0) is 11.2 Å². The molecule has 25 heavy (non-hydrogen) atoms. The van der Waals surface area contributed by atoms with Crippen LogP contribution in [0.5, 0.6) is 0 Å². The van der Waals surface area contributed by atoms with Gasteiger partial charge in [0.25, 0.3) is 0 Å². The number of hydrogen-bond donors (Lipinski definition) is 1. The van der Waals surface area contributed by atoms with E-state index in [0.29, 0.717) is 0 Å². The molecular weight excluding hydrogens is 330 g/mol. The first-order chi connectivity index (χ1) is 12.2. The van der Waals surface area contributed by atoms with Crippen molar-refractivity contribution in [3.05, 3.63) is 108 Å². The van der Waals surface area contributed by atoms with Crippen LogP contribution in [0.4, 0.5) is 0 Å². The van der Waals surface area contributed by atoms with Crippen LogP contribution < -0.4 is 5.73 Å². The van der Waals surface area contributed by atoms with Gasteiger partial charge in [-0.2, -0.15) is 0 Å². The largest absolute Gasteiger partial charge is 0.330 e. The van der Waals surface area contributed by atoms with Gasteiger partial charge in [0.15, 0.2) is 0 Å². The van der Waals surface area contributed by atoms with Gasteiger partial charge in [-0.05, 0) is 41.3 Å². The lowest BCUT2D eigenvalue weighted by atomic mass is 9.93. The van der Waals surface area contributed by atoms with Gasteiger partial charge in [0.2, 0.25) is 5.24 Å². The first-order valence-electron chi connectivity index (χ1n) is 8.25. The molecule has 0 aliphatic carbocycles. The topological polar surface area (TPSA) is 43.1 Å². The van der Waals surface area contributed by atoms with Crippen molar-refractivity contribution in [2.24, 2.45) is 5.73 Å². The van der Waals surface area contributed by atoms with Crippen LogP contribution in [0.3, 0.4) is 0 Å². The summed E-state index contributed by atoms with van der Waals surface area (Å²) in [5.74, 6) is -0.371.